The Hall–Kier alpha value is -1.60. The number of aliphatic hydroxyl groups is 4. The van der Waals surface area contributed by atoms with Gasteiger partial charge in [0.05, 0.1) is 24.6 Å². The average molecular weight is 427 g/mol. The molecule has 0 aliphatic heterocycles. The van der Waals surface area contributed by atoms with Crippen molar-refractivity contribution in [1.82, 2.24) is 0 Å². The van der Waals surface area contributed by atoms with Crippen molar-refractivity contribution in [2.45, 2.75) is 76.1 Å². The summed E-state index contributed by atoms with van der Waals surface area (Å²) in [7, 11) is 1.00. The standard InChI is InChI=1S/C23H35FO4.CH4O/c24-16-10-6-2-1-4-8-12-19(26)14-15-21-20(22(27)18-23(21)28)13-9-5-3-7-11-17-25;1-2/h1-2,4,6,8,10,12,16-17,19-23,26-28H,3,5,7,9,11,13-15,18H2;2H,1H3/b4-1+,6-2-,12-8-,16-10+;/t19?,20-,21-,22+,23-;/m1./s1. The number of allylic oxidation sites excluding steroid dienone is 6. The average Bonchev–Trinajstić information content (AvgIpc) is 3.02. The van der Waals surface area contributed by atoms with Gasteiger partial charge in [-0.15, -0.1) is 0 Å². The molecule has 0 radical (unpaired) electrons. The molecule has 0 spiro atoms. The summed E-state index contributed by atoms with van der Waals surface area (Å²) >= 11 is 0. The molecule has 0 heterocycles. The molecular weight excluding hydrogens is 387 g/mol. The summed E-state index contributed by atoms with van der Waals surface area (Å²) in [5.41, 5.74) is 0. The van der Waals surface area contributed by atoms with Crippen LogP contribution in [0.25, 0.3) is 0 Å². The largest absolute Gasteiger partial charge is 0.400 e. The van der Waals surface area contributed by atoms with Gasteiger partial charge in [0.25, 0.3) is 0 Å². The van der Waals surface area contributed by atoms with Crippen molar-refractivity contribution >= 4 is 6.29 Å². The molecule has 0 aromatic carbocycles. The van der Waals surface area contributed by atoms with Crippen LogP contribution in [-0.2, 0) is 4.79 Å². The van der Waals surface area contributed by atoms with Crippen molar-refractivity contribution < 1.29 is 29.6 Å². The second-order valence-corrected chi connectivity index (χ2v) is 7.47. The van der Waals surface area contributed by atoms with E-state index in [1.54, 1.807) is 36.5 Å². The van der Waals surface area contributed by atoms with Crippen LogP contribution in [0.5, 0.6) is 0 Å². The number of unbranched alkanes of at least 4 members (excludes halogenated alkanes) is 4. The Labute approximate surface area is 180 Å². The monoisotopic (exact) mass is 426 g/mol. The Kier molecular flexibility index (Phi) is 18.3. The second kappa shape index (κ2) is 19.4. The molecule has 0 saturated heterocycles. The van der Waals surface area contributed by atoms with Crippen molar-refractivity contribution in [2.75, 3.05) is 7.11 Å². The fourth-order valence-electron chi connectivity index (χ4n) is 3.89. The summed E-state index contributed by atoms with van der Waals surface area (Å²) in [6.07, 6.45) is 18.3. The highest BCUT2D eigenvalue weighted by atomic mass is 19.1. The molecule has 5 nitrogen and oxygen atoms in total. The molecule has 1 rings (SSSR count). The fraction of sp³-hybridized carbons (Fsp3) is 0.625. The molecule has 172 valence electrons. The summed E-state index contributed by atoms with van der Waals surface area (Å²) in [6.45, 7) is 0. The number of carbonyl (C=O) groups excluding carboxylic acids is 1. The second-order valence-electron chi connectivity index (χ2n) is 7.47. The third kappa shape index (κ3) is 12.9. The molecule has 30 heavy (non-hydrogen) atoms. The lowest BCUT2D eigenvalue weighted by Crippen LogP contribution is -2.23. The Morgan fingerprint density at radius 2 is 1.43 bits per heavy atom. The minimum absolute atomic E-state index is 0.0130. The van der Waals surface area contributed by atoms with Crippen LogP contribution in [0.1, 0.15) is 57.8 Å². The van der Waals surface area contributed by atoms with E-state index in [0.717, 1.165) is 45.5 Å². The van der Waals surface area contributed by atoms with Crippen LogP contribution in [0.2, 0.25) is 0 Å². The third-order valence-corrected chi connectivity index (χ3v) is 5.39. The van der Waals surface area contributed by atoms with Gasteiger partial charge in [-0.2, -0.15) is 0 Å². The SMILES string of the molecule is CO.O=CCCCCCC[C@@H]1[C@@H](CCC(O)\C=C/C=C/C=C\C=C\F)[C@H](O)C[C@@H]1O. The van der Waals surface area contributed by atoms with Crippen molar-refractivity contribution in [3.63, 3.8) is 0 Å². The smallest absolute Gasteiger partial charge is 0.119 e. The number of halogens is 1. The maximum absolute atomic E-state index is 11.8. The zero-order valence-electron chi connectivity index (χ0n) is 18.0. The van der Waals surface area contributed by atoms with Gasteiger partial charge in [0, 0.05) is 13.5 Å². The fourth-order valence-corrected chi connectivity index (χ4v) is 3.89. The van der Waals surface area contributed by atoms with Gasteiger partial charge < -0.3 is 25.2 Å². The first-order valence-electron chi connectivity index (χ1n) is 10.8. The van der Waals surface area contributed by atoms with E-state index in [4.69, 9.17) is 5.11 Å². The van der Waals surface area contributed by atoms with Crippen LogP contribution in [0.4, 0.5) is 4.39 Å². The zero-order valence-corrected chi connectivity index (χ0v) is 18.0. The van der Waals surface area contributed by atoms with Crippen molar-refractivity contribution in [3.8, 4) is 0 Å². The van der Waals surface area contributed by atoms with E-state index < -0.39 is 18.3 Å². The first-order valence-corrected chi connectivity index (χ1v) is 10.8. The van der Waals surface area contributed by atoms with Gasteiger partial charge in [-0.25, -0.2) is 4.39 Å². The lowest BCUT2D eigenvalue weighted by atomic mass is 9.85. The maximum atomic E-state index is 11.8. The van der Waals surface area contributed by atoms with Gasteiger partial charge in [-0.3, -0.25) is 0 Å². The van der Waals surface area contributed by atoms with Crippen LogP contribution in [-0.4, -0.2) is 52.1 Å². The molecule has 0 aromatic heterocycles. The molecule has 1 fully saturated rings. The van der Waals surface area contributed by atoms with Crippen molar-refractivity contribution in [3.05, 3.63) is 48.9 Å². The number of rotatable bonds is 14. The van der Waals surface area contributed by atoms with Crippen LogP contribution in [0, 0.1) is 11.8 Å². The molecule has 0 aromatic rings. The van der Waals surface area contributed by atoms with E-state index in [9.17, 15) is 24.5 Å². The molecule has 1 unspecified atom stereocenters. The highest BCUT2D eigenvalue weighted by Crippen LogP contribution is 2.39. The summed E-state index contributed by atoms with van der Waals surface area (Å²) in [4.78, 5) is 10.3. The molecule has 0 amide bonds. The molecule has 4 N–H and O–H groups in total. The van der Waals surface area contributed by atoms with Crippen molar-refractivity contribution in [1.29, 1.82) is 0 Å². The Morgan fingerprint density at radius 3 is 2.07 bits per heavy atom. The van der Waals surface area contributed by atoms with Crippen molar-refractivity contribution in [2.24, 2.45) is 11.8 Å². The number of hydrogen-bond donors (Lipinski definition) is 4. The summed E-state index contributed by atoms with van der Waals surface area (Å²) in [5, 5.41) is 37.7. The first-order chi connectivity index (χ1) is 14.6. The van der Waals surface area contributed by atoms with E-state index >= 15 is 0 Å². The summed E-state index contributed by atoms with van der Waals surface area (Å²) < 4.78 is 11.8. The van der Waals surface area contributed by atoms with Crippen LogP contribution in [0.15, 0.2) is 48.9 Å². The van der Waals surface area contributed by atoms with E-state index in [1.165, 1.54) is 6.08 Å². The van der Waals surface area contributed by atoms with Crippen LogP contribution >= 0.6 is 0 Å². The van der Waals surface area contributed by atoms with Gasteiger partial charge in [0.2, 0.25) is 0 Å². The number of hydrogen-bond acceptors (Lipinski definition) is 5. The third-order valence-electron chi connectivity index (χ3n) is 5.39. The minimum atomic E-state index is -0.603. The highest BCUT2D eigenvalue weighted by Gasteiger charge is 2.40. The van der Waals surface area contributed by atoms with E-state index in [0.29, 0.717) is 32.0 Å². The van der Waals surface area contributed by atoms with Gasteiger partial charge in [-0.1, -0.05) is 55.7 Å². The molecule has 1 saturated carbocycles. The topological polar surface area (TPSA) is 98.0 Å². The predicted octanol–water partition coefficient (Wildman–Crippen LogP) is 3.79. The van der Waals surface area contributed by atoms with Crippen LogP contribution < -0.4 is 0 Å². The molecule has 0 bridgehead atoms. The van der Waals surface area contributed by atoms with Gasteiger partial charge in [0.15, 0.2) is 0 Å². The van der Waals surface area contributed by atoms with E-state index in [-0.39, 0.29) is 11.8 Å². The zero-order chi connectivity index (χ0) is 22.6. The quantitative estimate of drug-likeness (QED) is 0.192. The van der Waals surface area contributed by atoms with Crippen LogP contribution in [0.3, 0.4) is 0 Å². The van der Waals surface area contributed by atoms with Gasteiger partial charge >= 0.3 is 0 Å². The normalized spacial score (nSPS) is 25.4. The first kappa shape index (κ1) is 28.4. The lowest BCUT2D eigenvalue weighted by Gasteiger charge is -2.24. The molecule has 1 aliphatic rings. The molecule has 1 aliphatic carbocycles. The molecular formula is C24H39FO5. The Balaban J connectivity index is 0.00000407. The lowest BCUT2D eigenvalue weighted by molar-refractivity contribution is -0.107. The van der Waals surface area contributed by atoms with Gasteiger partial charge in [-0.05, 0) is 50.0 Å². The Morgan fingerprint density at radius 1 is 0.867 bits per heavy atom. The number of carbonyl (C=O) groups is 1. The summed E-state index contributed by atoms with van der Waals surface area (Å²) in [5.74, 6) is 0.0878. The van der Waals surface area contributed by atoms with E-state index in [1.807, 2.05) is 0 Å². The number of aldehydes is 1. The Bertz CT molecular complexity index is 530. The summed E-state index contributed by atoms with van der Waals surface area (Å²) in [6, 6.07) is 0. The maximum Gasteiger partial charge on any atom is 0.119 e. The predicted molar refractivity (Wildman–Crippen MR) is 118 cm³/mol. The van der Waals surface area contributed by atoms with E-state index in [2.05, 4.69) is 0 Å². The number of aliphatic hydroxyl groups excluding tert-OH is 4. The molecule has 6 heteroatoms. The highest BCUT2D eigenvalue weighted by molar-refractivity contribution is 5.48. The van der Waals surface area contributed by atoms with Gasteiger partial charge in [0.1, 0.15) is 6.29 Å². The molecule has 5 atom stereocenters. The minimum Gasteiger partial charge on any atom is -0.400 e.